The molecule has 0 bridgehead atoms. The van der Waals surface area contributed by atoms with Gasteiger partial charge in [-0.25, -0.2) is 5.43 Å². The van der Waals surface area contributed by atoms with Gasteiger partial charge in [0.15, 0.2) is 0 Å². The maximum atomic E-state index is 11.8. The Kier molecular flexibility index (Phi) is 4.95. The minimum atomic E-state index is -0.398. The molecule has 0 spiro atoms. The van der Waals surface area contributed by atoms with Crippen molar-refractivity contribution < 1.29 is 9.21 Å². The number of nitrogens with zero attached hydrogens (tertiary/aromatic N) is 1. The zero-order valence-electron chi connectivity index (χ0n) is 10.8. The number of anilines is 1. The van der Waals surface area contributed by atoms with Crippen LogP contribution in [0.3, 0.4) is 0 Å². The molecule has 0 aliphatic carbocycles. The molecule has 0 aliphatic heterocycles. The standard InChI is InChI=1S/C14H14BrN3O2/c1-10(17-12-6-4-11(15)5-7-12)14(19)18-16-9-13-3-2-8-20-13/h2-10,17H,1H3,(H,18,19)/b16-9+. The Labute approximate surface area is 125 Å². The molecule has 2 aromatic rings. The van der Waals surface area contributed by atoms with Crippen LogP contribution in [-0.2, 0) is 4.79 Å². The van der Waals surface area contributed by atoms with Gasteiger partial charge in [-0.3, -0.25) is 4.79 Å². The number of halogens is 1. The summed E-state index contributed by atoms with van der Waals surface area (Å²) in [7, 11) is 0. The molecular formula is C14H14BrN3O2. The molecule has 5 nitrogen and oxygen atoms in total. The second kappa shape index (κ2) is 6.91. The van der Waals surface area contributed by atoms with Crippen molar-refractivity contribution in [3.8, 4) is 0 Å². The molecule has 2 rings (SSSR count). The van der Waals surface area contributed by atoms with E-state index in [0.717, 1.165) is 10.2 Å². The Morgan fingerprint density at radius 3 is 2.75 bits per heavy atom. The number of hydrogen-bond acceptors (Lipinski definition) is 4. The summed E-state index contributed by atoms with van der Waals surface area (Å²) in [5, 5.41) is 6.91. The summed E-state index contributed by atoms with van der Waals surface area (Å²) < 4.78 is 6.05. The van der Waals surface area contributed by atoms with Crippen molar-refractivity contribution in [3.05, 3.63) is 52.9 Å². The van der Waals surface area contributed by atoms with E-state index in [1.165, 1.54) is 6.21 Å². The average molecular weight is 336 g/mol. The van der Waals surface area contributed by atoms with Crippen LogP contribution in [0, 0.1) is 0 Å². The number of hydrazone groups is 1. The molecule has 2 N–H and O–H groups in total. The molecule has 0 saturated carbocycles. The van der Waals surface area contributed by atoms with E-state index < -0.39 is 6.04 Å². The number of benzene rings is 1. The summed E-state index contributed by atoms with van der Waals surface area (Å²) in [5.74, 6) is 0.356. The lowest BCUT2D eigenvalue weighted by Crippen LogP contribution is -2.34. The van der Waals surface area contributed by atoms with Gasteiger partial charge in [-0.1, -0.05) is 15.9 Å². The predicted octanol–water partition coefficient (Wildman–Crippen LogP) is 2.99. The van der Waals surface area contributed by atoms with E-state index in [2.05, 4.69) is 31.8 Å². The van der Waals surface area contributed by atoms with Gasteiger partial charge in [-0.2, -0.15) is 5.10 Å². The molecule has 0 aliphatic rings. The summed E-state index contributed by atoms with van der Waals surface area (Å²) in [5.41, 5.74) is 3.32. The van der Waals surface area contributed by atoms with Crippen LogP contribution in [0.25, 0.3) is 0 Å². The summed E-state index contributed by atoms with van der Waals surface area (Å²) in [6.45, 7) is 1.76. The monoisotopic (exact) mass is 335 g/mol. The van der Waals surface area contributed by atoms with Gasteiger partial charge in [-0.05, 0) is 43.3 Å². The van der Waals surface area contributed by atoms with Gasteiger partial charge in [0.25, 0.3) is 5.91 Å². The van der Waals surface area contributed by atoms with Crippen LogP contribution in [0.15, 0.2) is 56.7 Å². The molecule has 1 amide bonds. The quantitative estimate of drug-likeness (QED) is 0.652. The fraction of sp³-hybridized carbons (Fsp3) is 0.143. The van der Waals surface area contributed by atoms with E-state index in [1.54, 1.807) is 25.3 Å². The molecule has 0 saturated heterocycles. The van der Waals surface area contributed by atoms with Crippen molar-refractivity contribution in [2.24, 2.45) is 5.10 Å². The van der Waals surface area contributed by atoms with Crippen LogP contribution in [0.4, 0.5) is 5.69 Å². The molecule has 1 atom stereocenters. The minimum Gasteiger partial charge on any atom is -0.463 e. The first kappa shape index (κ1) is 14.3. The molecule has 1 aromatic carbocycles. The summed E-state index contributed by atoms with van der Waals surface area (Å²) >= 11 is 3.36. The van der Waals surface area contributed by atoms with E-state index in [-0.39, 0.29) is 5.91 Å². The van der Waals surface area contributed by atoms with E-state index in [0.29, 0.717) is 5.76 Å². The third-order valence-electron chi connectivity index (χ3n) is 2.53. The normalized spacial score (nSPS) is 12.3. The van der Waals surface area contributed by atoms with Gasteiger partial charge < -0.3 is 9.73 Å². The maximum absolute atomic E-state index is 11.8. The molecule has 1 aromatic heterocycles. The fourth-order valence-electron chi connectivity index (χ4n) is 1.48. The third kappa shape index (κ3) is 4.24. The fourth-order valence-corrected chi connectivity index (χ4v) is 1.75. The highest BCUT2D eigenvalue weighted by Crippen LogP contribution is 2.14. The van der Waals surface area contributed by atoms with E-state index in [9.17, 15) is 4.79 Å². The SMILES string of the molecule is CC(Nc1ccc(Br)cc1)C(=O)N/N=C/c1ccco1. The third-order valence-corrected chi connectivity index (χ3v) is 3.06. The summed E-state index contributed by atoms with van der Waals surface area (Å²) in [6.07, 6.45) is 2.99. The van der Waals surface area contributed by atoms with Crippen molar-refractivity contribution in [2.75, 3.05) is 5.32 Å². The highest BCUT2D eigenvalue weighted by molar-refractivity contribution is 9.10. The predicted molar refractivity (Wildman–Crippen MR) is 81.7 cm³/mol. The van der Waals surface area contributed by atoms with Gasteiger partial charge in [0, 0.05) is 10.2 Å². The van der Waals surface area contributed by atoms with Crippen LogP contribution in [0.2, 0.25) is 0 Å². The first-order valence-corrected chi connectivity index (χ1v) is 6.83. The van der Waals surface area contributed by atoms with Crippen molar-refractivity contribution in [1.82, 2.24) is 5.43 Å². The number of nitrogens with one attached hydrogen (secondary N) is 2. The summed E-state index contributed by atoms with van der Waals surface area (Å²) in [6, 6.07) is 10.7. The molecule has 6 heteroatoms. The highest BCUT2D eigenvalue weighted by Gasteiger charge is 2.11. The number of furan rings is 1. The molecule has 104 valence electrons. The number of hydrogen-bond donors (Lipinski definition) is 2. The van der Waals surface area contributed by atoms with Gasteiger partial charge in [0.1, 0.15) is 11.8 Å². The van der Waals surface area contributed by atoms with Crippen molar-refractivity contribution in [1.29, 1.82) is 0 Å². The minimum absolute atomic E-state index is 0.226. The van der Waals surface area contributed by atoms with Crippen LogP contribution in [0.5, 0.6) is 0 Å². The second-order valence-corrected chi connectivity index (χ2v) is 5.04. The first-order chi connectivity index (χ1) is 9.65. The van der Waals surface area contributed by atoms with E-state index in [1.807, 2.05) is 24.3 Å². The number of amides is 1. The largest absolute Gasteiger partial charge is 0.463 e. The lowest BCUT2D eigenvalue weighted by atomic mass is 10.2. The maximum Gasteiger partial charge on any atom is 0.262 e. The number of carbonyl (C=O) groups is 1. The van der Waals surface area contributed by atoms with Gasteiger partial charge in [-0.15, -0.1) is 0 Å². The molecule has 1 heterocycles. The van der Waals surface area contributed by atoms with Crippen molar-refractivity contribution >= 4 is 33.7 Å². The molecule has 1 unspecified atom stereocenters. The van der Waals surface area contributed by atoms with Gasteiger partial charge >= 0.3 is 0 Å². The van der Waals surface area contributed by atoms with Gasteiger partial charge in [0.2, 0.25) is 0 Å². The lowest BCUT2D eigenvalue weighted by molar-refractivity contribution is -0.121. The van der Waals surface area contributed by atoms with Crippen LogP contribution < -0.4 is 10.7 Å². The van der Waals surface area contributed by atoms with E-state index in [4.69, 9.17) is 4.42 Å². The zero-order valence-corrected chi connectivity index (χ0v) is 12.4. The van der Waals surface area contributed by atoms with Crippen molar-refractivity contribution in [3.63, 3.8) is 0 Å². The first-order valence-electron chi connectivity index (χ1n) is 6.03. The number of rotatable bonds is 5. The van der Waals surface area contributed by atoms with Gasteiger partial charge in [0.05, 0.1) is 12.5 Å². The van der Waals surface area contributed by atoms with Crippen LogP contribution in [0.1, 0.15) is 12.7 Å². The Morgan fingerprint density at radius 1 is 1.35 bits per heavy atom. The Morgan fingerprint density at radius 2 is 2.10 bits per heavy atom. The Hall–Kier alpha value is -2.08. The van der Waals surface area contributed by atoms with Crippen LogP contribution >= 0.6 is 15.9 Å². The Bertz CT molecular complexity index is 579. The molecular weight excluding hydrogens is 322 g/mol. The highest BCUT2D eigenvalue weighted by atomic mass is 79.9. The number of carbonyl (C=O) groups excluding carboxylic acids is 1. The zero-order chi connectivity index (χ0) is 14.4. The topological polar surface area (TPSA) is 66.6 Å². The summed E-state index contributed by atoms with van der Waals surface area (Å²) in [4.78, 5) is 11.8. The van der Waals surface area contributed by atoms with Crippen LogP contribution in [-0.4, -0.2) is 18.2 Å². The Balaban J connectivity index is 1.84. The second-order valence-electron chi connectivity index (χ2n) is 4.12. The average Bonchev–Trinajstić information content (AvgIpc) is 2.94. The lowest BCUT2D eigenvalue weighted by Gasteiger charge is -2.13. The molecule has 20 heavy (non-hydrogen) atoms. The molecule has 0 fully saturated rings. The molecule has 0 radical (unpaired) electrons. The van der Waals surface area contributed by atoms with E-state index >= 15 is 0 Å². The van der Waals surface area contributed by atoms with Crippen molar-refractivity contribution in [2.45, 2.75) is 13.0 Å². The smallest absolute Gasteiger partial charge is 0.262 e.